The van der Waals surface area contributed by atoms with Gasteiger partial charge in [-0.3, -0.25) is 0 Å². The largest absolute Gasteiger partial charge is 1.00 e. The minimum atomic E-state index is -5.03. The van der Waals surface area contributed by atoms with Crippen molar-refractivity contribution in [1.29, 1.82) is 0 Å². The average molecular weight is 701 g/mol. The van der Waals surface area contributed by atoms with Gasteiger partial charge in [-0.05, 0) is 50.7 Å². The third-order valence-electron chi connectivity index (χ3n) is 8.04. The van der Waals surface area contributed by atoms with E-state index in [0.717, 1.165) is 31.7 Å². The smallest absolute Gasteiger partial charge is 0.744 e. The maximum absolute atomic E-state index is 12.9. The fraction of sp³-hybridized carbons (Fsp3) is 0.684. The summed E-state index contributed by atoms with van der Waals surface area (Å²) in [5.41, 5.74) is -0.858. The molecular weight excluding hydrogens is 640 g/mol. The quantitative estimate of drug-likeness (QED) is 0.0278. The van der Waals surface area contributed by atoms with Crippen LogP contribution in [0.5, 0.6) is 0 Å². The molecule has 0 fully saturated rings. The zero-order chi connectivity index (χ0) is 33.7. The first-order chi connectivity index (χ1) is 22.3. The van der Waals surface area contributed by atoms with Crippen molar-refractivity contribution in [1.82, 2.24) is 0 Å². The first-order valence-corrected chi connectivity index (χ1v) is 19.5. The second kappa shape index (κ2) is 31.2. The number of carbonyl (C=O) groups excluding carboxylic acids is 2. The summed E-state index contributed by atoms with van der Waals surface area (Å²) in [5.74, 6) is -1.90. The Morgan fingerprint density at radius 1 is 0.596 bits per heavy atom. The van der Waals surface area contributed by atoms with Gasteiger partial charge < -0.3 is 14.0 Å². The van der Waals surface area contributed by atoms with Gasteiger partial charge in [0.15, 0.2) is 0 Å². The number of ether oxygens (including phenoxy) is 2. The van der Waals surface area contributed by atoms with Gasteiger partial charge in [-0.25, -0.2) is 18.0 Å². The molecule has 47 heavy (non-hydrogen) atoms. The van der Waals surface area contributed by atoms with E-state index in [1.165, 1.54) is 115 Å². The van der Waals surface area contributed by atoms with E-state index < -0.39 is 32.5 Å². The van der Waals surface area contributed by atoms with Crippen molar-refractivity contribution in [3.8, 4) is 0 Å². The van der Waals surface area contributed by atoms with Crippen LogP contribution in [0.15, 0.2) is 47.4 Å². The number of esters is 2. The Hall–Kier alpha value is -0.814. The monoisotopic (exact) mass is 700 g/mol. The van der Waals surface area contributed by atoms with Crippen LogP contribution in [-0.4, -0.2) is 38.1 Å². The number of carbonyl (C=O) groups is 2. The maximum atomic E-state index is 12.9. The first kappa shape index (κ1) is 46.2. The zero-order valence-electron chi connectivity index (χ0n) is 29.8. The molecule has 0 saturated heterocycles. The van der Waals surface area contributed by atoms with E-state index in [1.54, 1.807) is 0 Å². The van der Waals surface area contributed by atoms with Crippen LogP contribution in [0.25, 0.3) is 0 Å². The Labute approximate surface area is 329 Å². The van der Waals surface area contributed by atoms with Gasteiger partial charge in [0.1, 0.15) is 10.1 Å². The van der Waals surface area contributed by atoms with Crippen LogP contribution in [0.2, 0.25) is 0 Å². The van der Waals surface area contributed by atoms with Gasteiger partial charge in [-0.15, -0.1) is 0 Å². The summed E-state index contributed by atoms with van der Waals surface area (Å²) in [5, 5.41) is 0. The van der Waals surface area contributed by atoms with Gasteiger partial charge in [0.2, 0.25) is 0 Å². The second-order valence-electron chi connectivity index (χ2n) is 12.2. The molecule has 0 aliphatic heterocycles. The van der Waals surface area contributed by atoms with E-state index in [9.17, 15) is 22.6 Å². The topological polar surface area (TPSA) is 110 Å². The molecule has 262 valence electrons. The van der Waals surface area contributed by atoms with Crippen LogP contribution in [0, 0.1) is 0 Å². The number of allylic oxidation sites excluding steroid dienone is 2. The molecular formula is C38H61KO7S. The Bertz CT molecular complexity index is 1120. The van der Waals surface area contributed by atoms with E-state index in [1.807, 2.05) is 12.2 Å². The predicted molar refractivity (Wildman–Crippen MR) is 186 cm³/mol. The van der Waals surface area contributed by atoms with Crippen molar-refractivity contribution in [3.05, 3.63) is 53.6 Å². The van der Waals surface area contributed by atoms with E-state index in [4.69, 9.17) is 9.47 Å². The summed E-state index contributed by atoms with van der Waals surface area (Å²) in [6.45, 7) is 4.53. The van der Waals surface area contributed by atoms with Gasteiger partial charge in [0, 0.05) is 0 Å². The molecule has 0 amide bonds. The third-order valence-corrected chi connectivity index (χ3v) is 8.92. The molecule has 9 heteroatoms. The summed E-state index contributed by atoms with van der Waals surface area (Å²) in [7, 11) is -5.03. The van der Waals surface area contributed by atoms with Crippen molar-refractivity contribution in [3.63, 3.8) is 0 Å². The average Bonchev–Trinajstić information content (AvgIpc) is 3.04. The fourth-order valence-corrected chi connectivity index (χ4v) is 6.01. The summed E-state index contributed by atoms with van der Waals surface area (Å²) in [4.78, 5) is 24.9. The molecule has 0 saturated carbocycles. The molecule has 1 aromatic carbocycles. The van der Waals surface area contributed by atoms with Gasteiger partial charge in [0.05, 0.1) is 29.2 Å². The second-order valence-corrected chi connectivity index (χ2v) is 13.5. The number of unbranched alkanes of at least 4 members (excludes halogenated alkanes) is 18. The molecule has 1 rings (SSSR count). The Morgan fingerprint density at radius 3 is 1.40 bits per heavy atom. The van der Waals surface area contributed by atoms with Crippen molar-refractivity contribution < 1.29 is 83.4 Å². The molecule has 0 atom stereocenters. The summed E-state index contributed by atoms with van der Waals surface area (Å²) < 4.78 is 46.3. The van der Waals surface area contributed by atoms with Crippen LogP contribution in [0.3, 0.4) is 0 Å². The van der Waals surface area contributed by atoms with Gasteiger partial charge in [-0.2, -0.15) is 0 Å². The van der Waals surface area contributed by atoms with E-state index in [2.05, 4.69) is 26.0 Å². The summed E-state index contributed by atoms with van der Waals surface area (Å²) >= 11 is 0. The van der Waals surface area contributed by atoms with Crippen LogP contribution in [0.1, 0.15) is 176 Å². The van der Waals surface area contributed by atoms with E-state index in [0.29, 0.717) is 12.8 Å². The van der Waals surface area contributed by atoms with Gasteiger partial charge in [0.25, 0.3) is 0 Å². The van der Waals surface area contributed by atoms with Crippen molar-refractivity contribution in [2.45, 2.75) is 160 Å². The third kappa shape index (κ3) is 24.1. The Balaban J connectivity index is 0.0000212. The van der Waals surface area contributed by atoms with E-state index in [-0.39, 0.29) is 70.2 Å². The van der Waals surface area contributed by atoms with Gasteiger partial charge >= 0.3 is 63.3 Å². The summed E-state index contributed by atoms with van der Waals surface area (Å²) in [6, 6.07) is 3.53. The first-order valence-electron chi connectivity index (χ1n) is 18.1. The molecule has 0 aliphatic carbocycles. The minimum absolute atomic E-state index is 0. The van der Waals surface area contributed by atoms with Crippen LogP contribution < -0.4 is 51.4 Å². The zero-order valence-corrected chi connectivity index (χ0v) is 33.7. The van der Waals surface area contributed by atoms with Crippen molar-refractivity contribution >= 4 is 22.1 Å². The van der Waals surface area contributed by atoms with Crippen LogP contribution >= 0.6 is 0 Å². The molecule has 1 aromatic rings. The van der Waals surface area contributed by atoms with Gasteiger partial charge in [-0.1, -0.05) is 147 Å². The summed E-state index contributed by atoms with van der Waals surface area (Å²) in [6.07, 6.45) is 33.8. The SMILES string of the molecule is CCCCCCCCCCC/C=C/CCOC(=O)c1cccc(S(=O)(=O)[O-])c1C(=O)OCC/C=C/CCCCCCCCCCC.[K+]. The molecule has 0 aliphatic rings. The van der Waals surface area contributed by atoms with Crippen LogP contribution in [-0.2, 0) is 19.6 Å². The Kier molecular flexibility index (Phi) is 30.6. The number of benzene rings is 1. The number of hydrogen-bond donors (Lipinski definition) is 0. The molecule has 7 nitrogen and oxygen atoms in total. The minimum Gasteiger partial charge on any atom is -0.744 e. The molecule has 0 spiro atoms. The Morgan fingerprint density at radius 2 is 0.979 bits per heavy atom. The predicted octanol–water partition coefficient (Wildman–Crippen LogP) is 7.64. The van der Waals surface area contributed by atoms with E-state index >= 15 is 0 Å². The van der Waals surface area contributed by atoms with Crippen LogP contribution in [0.4, 0.5) is 0 Å². The standard InChI is InChI=1S/C38H62O7S.K/c1-3-5-7-9-11-13-15-17-19-21-23-25-27-32-44-37(39)34-30-29-31-35(46(41,42)43)36(34)38(40)45-33-28-26-24-22-20-18-16-14-12-10-8-6-4-2;/h23-26,29-31H,3-22,27-28,32-33H2,1-2H3,(H,41,42,43);/q;+1/p-1/b25-23+,26-24+;. The molecule has 0 radical (unpaired) electrons. The maximum Gasteiger partial charge on any atom is 1.00 e. The molecule has 0 bridgehead atoms. The van der Waals surface area contributed by atoms with Crippen molar-refractivity contribution in [2.75, 3.05) is 13.2 Å². The molecule has 0 N–H and O–H groups in total. The molecule has 0 aromatic heterocycles. The fourth-order valence-electron chi connectivity index (χ4n) is 5.33. The number of hydrogen-bond acceptors (Lipinski definition) is 7. The number of rotatable bonds is 29. The molecule has 0 heterocycles. The molecule has 0 unspecified atom stereocenters. The normalized spacial score (nSPS) is 11.6. The van der Waals surface area contributed by atoms with Crippen molar-refractivity contribution in [2.24, 2.45) is 0 Å².